The Morgan fingerprint density at radius 1 is 0.917 bits per heavy atom. The normalized spacial score (nSPS) is 15.8. The maximum atomic E-state index is 9.59. The summed E-state index contributed by atoms with van der Waals surface area (Å²) in [7, 11) is 0. The fourth-order valence-electron chi connectivity index (χ4n) is 3.31. The van der Waals surface area contributed by atoms with Crippen LogP contribution >= 0.6 is 0 Å². The van der Waals surface area contributed by atoms with Gasteiger partial charge in [-0.1, -0.05) is 30.3 Å². The Bertz CT molecular complexity index is 841. The zero-order valence-corrected chi connectivity index (χ0v) is 13.6. The van der Waals surface area contributed by atoms with E-state index in [9.17, 15) is 5.11 Å². The molecule has 1 fully saturated rings. The van der Waals surface area contributed by atoms with Gasteiger partial charge >= 0.3 is 0 Å². The van der Waals surface area contributed by atoms with Gasteiger partial charge in [0.1, 0.15) is 5.75 Å². The Morgan fingerprint density at radius 2 is 1.75 bits per heavy atom. The third-order valence-electron chi connectivity index (χ3n) is 4.63. The van der Waals surface area contributed by atoms with Crippen LogP contribution in [0.3, 0.4) is 0 Å². The van der Waals surface area contributed by atoms with Crippen LogP contribution in [0.4, 0.5) is 5.69 Å². The molecule has 2 aromatic carbocycles. The highest BCUT2D eigenvalue weighted by Gasteiger charge is 2.18. The lowest BCUT2D eigenvalue weighted by molar-refractivity contribution is 0.249. The van der Waals surface area contributed by atoms with E-state index in [4.69, 9.17) is 0 Å². The molecule has 0 unspecified atom stereocenters. The third-order valence-corrected chi connectivity index (χ3v) is 4.63. The van der Waals surface area contributed by atoms with Gasteiger partial charge in [-0.15, -0.1) is 0 Å². The summed E-state index contributed by atoms with van der Waals surface area (Å²) in [4.78, 5) is 9.40. The van der Waals surface area contributed by atoms with Crippen molar-refractivity contribution in [2.24, 2.45) is 0 Å². The number of hydrogen-bond acceptors (Lipinski definition) is 4. The maximum absolute atomic E-state index is 9.59. The molecule has 1 aliphatic rings. The Balaban J connectivity index is 1.41. The van der Waals surface area contributed by atoms with Gasteiger partial charge in [0.2, 0.25) is 0 Å². The van der Waals surface area contributed by atoms with Crippen molar-refractivity contribution in [2.75, 3.05) is 31.1 Å². The largest absolute Gasteiger partial charge is 0.508 e. The predicted octanol–water partition coefficient (Wildman–Crippen LogP) is 3.26. The molecule has 2 heterocycles. The van der Waals surface area contributed by atoms with E-state index in [2.05, 4.69) is 39.0 Å². The van der Waals surface area contributed by atoms with Crippen molar-refractivity contribution >= 4 is 16.6 Å². The second-order valence-corrected chi connectivity index (χ2v) is 6.32. The summed E-state index contributed by atoms with van der Waals surface area (Å²) in [6.07, 6.45) is 1.98. The third kappa shape index (κ3) is 3.19. The van der Waals surface area contributed by atoms with Gasteiger partial charge in [0, 0.05) is 38.1 Å². The molecule has 0 bridgehead atoms. The molecule has 1 N–H and O–H groups in total. The minimum atomic E-state index is 0.341. The Morgan fingerprint density at radius 3 is 2.58 bits per heavy atom. The van der Waals surface area contributed by atoms with Crippen molar-refractivity contribution in [3.05, 3.63) is 66.4 Å². The summed E-state index contributed by atoms with van der Waals surface area (Å²) >= 11 is 0. The second kappa shape index (κ2) is 6.49. The molecular weight excluding hydrogens is 298 g/mol. The van der Waals surface area contributed by atoms with E-state index in [0.717, 1.165) is 43.8 Å². The number of anilines is 1. The lowest BCUT2D eigenvalue weighted by Crippen LogP contribution is -2.46. The molecule has 24 heavy (non-hydrogen) atoms. The van der Waals surface area contributed by atoms with E-state index < -0.39 is 0 Å². The first-order chi connectivity index (χ1) is 11.8. The van der Waals surface area contributed by atoms with Crippen molar-refractivity contribution in [2.45, 2.75) is 6.54 Å². The summed E-state index contributed by atoms with van der Waals surface area (Å²) in [5.74, 6) is 0.341. The van der Waals surface area contributed by atoms with Crippen LogP contribution < -0.4 is 4.90 Å². The van der Waals surface area contributed by atoms with Gasteiger partial charge in [-0.25, -0.2) is 0 Å². The molecule has 1 saturated heterocycles. The average Bonchev–Trinajstić information content (AvgIpc) is 2.62. The molecule has 0 saturated carbocycles. The summed E-state index contributed by atoms with van der Waals surface area (Å²) in [5, 5.41) is 10.8. The smallest absolute Gasteiger partial charge is 0.115 e. The first-order valence-corrected chi connectivity index (χ1v) is 8.38. The van der Waals surface area contributed by atoms with Crippen molar-refractivity contribution < 1.29 is 5.11 Å². The number of hydrogen-bond donors (Lipinski definition) is 1. The molecule has 0 atom stereocenters. The Hall–Kier alpha value is -2.59. The SMILES string of the molecule is Oc1cccc(CN2CCN(c3cnc4ccccc4c3)CC2)c1. The minimum Gasteiger partial charge on any atom is -0.508 e. The molecule has 4 rings (SSSR count). The number of aromatic hydroxyl groups is 1. The first kappa shape index (κ1) is 15.0. The molecule has 3 aromatic rings. The number of phenolic OH excluding ortho intramolecular Hbond substituents is 1. The zero-order chi connectivity index (χ0) is 16.4. The van der Waals surface area contributed by atoms with Gasteiger partial charge in [-0.3, -0.25) is 9.88 Å². The molecule has 122 valence electrons. The number of para-hydroxylation sites is 1. The van der Waals surface area contributed by atoms with Crippen molar-refractivity contribution in [3.8, 4) is 5.75 Å². The monoisotopic (exact) mass is 319 g/mol. The van der Waals surface area contributed by atoms with Crippen LogP contribution in [0.25, 0.3) is 10.9 Å². The van der Waals surface area contributed by atoms with E-state index in [0.29, 0.717) is 5.75 Å². The molecule has 4 heteroatoms. The van der Waals surface area contributed by atoms with E-state index in [1.807, 2.05) is 30.5 Å². The van der Waals surface area contributed by atoms with Crippen molar-refractivity contribution in [3.63, 3.8) is 0 Å². The summed E-state index contributed by atoms with van der Waals surface area (Å²) < 4.78 is 0. The summed E-state index contributed by atoms with van der Waals surface area (Å²) in [6, 6.07) is 18.0. The van der Waals surface area contributed by atoms with Crippen LogP contribution in [0.1, 0.15) is 5.56 Å². The highest BCUT2D eigenvalue weighted by atomic mass is 16.3. The lowest BCUT2D eigenvalue weighted by Gasteiger charge is -2.36. The van der Waals surface area contributed by atoms with Crippen molar-refractivity contribution in [1.29, 1.82) is 0 Å². The maximum Gasteiger partial charge on any atom is 0.115 e. The minimum absolute atomic E-state index is 0.341. The highest BCUT2D eigenvalue weighted by Crippen LogP contribution is 2.21. The average molecular weight is 319 g/mol. The molecule has 0 amide bonds. The number of rotatable bonds is 3. The standard InChI is InChI=1S/C20H21N3O/c24-19-6-3-4-16(12-19)15-22-8-10-23(11-9-22)18-13-17-5-1-2-7-20(17)21-14-18/h1-7,12-14,24H,8-11,15H2. The van der Waals surface area contributed by atoms with E-state index in [1.165, 1.54) is 11.1 Å². The predicted molar refractivity (Wildman–Crippen MR) is 97.3 cm³/mol. The number of aromatic nitrogens is 1. The Kier molecular flexibility index (Phi) is 4.05. The number of benzene rings is 2. The van der Waals surface area contributed by atoms with Gasteiger partial charge in [0.25, 0.3) is 0 Å². The van der Waals surface area contributed by atoms with Crippen molar-refractivity contribution in [1.82, 2.24) is 9.88 Å². The molecule has 1 aromatic heterocycles. The topological polar surface area (TPSA) is 39.6 Å². The summed E-state index contributed by atoms with van der Waals surface area (Å²) in [5.41, 5.74) is 3.41. The van der Waals surface area contributed by atoms with Crippen LogP contribution in [-0.4, -0.2) is 41.2 Å². The first-order valence-electron chi connectivity index (χ1n) is 8.38. The summed E-state index contributed by atoms with van der Waals surface area (Å²) in [6.45, 7) is 4.92. The number of pyridine rings is 1. The molecule has 0 spiro atoms. The van der Waals surface area contributed by atoms with E-state index >= 15 is 0 Å². The molecule has 1 aliphatic heterocycles. The van der Waals surface area contributed by atoms with Crippen LogP contribution in [0.2, 0.25) is 0 Å². The lowest BCUT2D eigenvalue weighted by atomic mass is 10.1. The van der Waals surface area contributed by atoms with E-state index in [-0.39, 0.29) is 0 Å². The van der Waals surface area contributed by atoms with Crippen LogP contribution in [0.15, 0.2) is 60.8 Å². The van der Waals surface area contributed by atoms with Gasteiger partial charge in [-0.2, -0.15) is 0 Å². The van der Waals surface area contributed by atoms with Crippen LogP contribution in [0.5, 0.6) is 5.75 Å². The van der Waals surface area contributed by atoms with Gasteiger partial charge in [0.05, 0.1) is 17.4 Å². The Labute approximate surface area is 142 Å². The quantitative estimate of drug-likeness (QED) is 0.804. The highest BCUT2D eigenvalue weighted by molar-refractivity contribution is 5.81. The molecule has 0 radical (unpaired) electrons. The second-order valence-electron chi connectivity index (χ2n) is 6.32. The number of phenols is 1. The van der Waals surface area contributed by atoms with Gasteiger partial charge in [0.15, 0.2) is 0 Å². The van der Waals surface area contributed by atoms with Crippen LogP contribution in [0, 0.1) is 0 Å². The fourth-order valence-corrected chi connectivity index (χ4v) is 3.31. The van der Waals surface area contributed by atoms with Gasteiger partial charge < -0.3 is 10.0 Å². The molecule has 4 nitrogen and oxygen atoms in total. The number of piperazine rings is 1. The van der Waals surface area contributed by atoms with E-state index in [1.54, 1.807) is 6.07 Å². The number of nitrogens with zero attached hydrogens (tertiary/aromatic N) is 3. The number of fused-ring (bicyclic) bond motifs is 1. The zero-order valence-electron chi connectivity index (χ0n) is 13.6. The van der Waals surface area contributed by atoms with Crippen LogP contribution in [-0.2, 0) is 6.54 Å². The molecular formula is C20H21N3O. The molecule has 0 aliphatic carbocycles. The van der Waals surface area contributed by atoms with Gasteiger partial charge in [-0.05, 0) is 29.8 Å². The fraction of sp³-hybridized carbons (Fsp3) is 0.250.